The van der Waals surface area contributed by atoms with Crippen molar-refractivity contribution >= 4 is 11.8 Å². The number of aryl methyl sites for hydroxylation is 1. The van der Waals surface area contributed by atoms with Crippen LogP contribution in [0.2, 0.25) is 0 Å². The van der Waals surface area contributed by atoms with E-state index in [-0.39, 0.29) is 12.6 Å². The van der Waals surface area contributed by atoms with Gasteiger partial charge in [-0.15, -0.1) is 0 Å². The molecule has 1 atom stereocenters. The highest BCUT2D eigenvalue weighted by molar-refractivity contribution is 6.35. The highest BCUT2D eigenvalue weighted by atomic mass is 16.3. The van der Waals surface area contributed by atoms with Gasteiger partial charge in [0.25, 0.3) is 0 Å². The Bertz CT molecular complexity index is 511. The predicted octanol–water partition coefficient (Wildman–Crippen LogP) is 1.37. The van der Waals surface area contributed by atoms with Crippen LogP contribution in [0.25, 0.3) is 0 Å². The first-order valence-corrected chi connectivity index (χ1v) is 7.87. The summed E-state index contributed by atoms with van der Waals surface area (Å²) in [4.78, 5) is 26.0. The lowest BCUT2D eigenvalue weighted by Crippen LogP contribution is -2.50. The van der Waals surface area contributed by atoms with E-state index < -0.39 is 11.8 Å². The Labute approximate surface area is 131 Å². The number of carbonyl (C=O) groups is 2. The number of hydrogen-bond acceptors (Lipinski definition) is 3. The summed E-state index contributed by atoms with van der Waals surface area (Å²) in [7, 11) is 0. The molecule has 0 saturated carbocycles. The summed E-state index contributed by atoms with van der Waals surface area (Å²) in [6.45, 7) is 2.99. The molecule has 22 heavy (non-hydrogen) atoms. The number of aliphatic hydroxyl groups is 1. The molecule has 2 N–H and O–H groups in total. The molecule has 5 heteroatoms. The minimum Gasteiger partial charge on any atom is -0.396 e. The quantitative estimate of drug-likeness (QED) is 0.826. The van der Waals surface area contributed by atoms with Crippen LogP contribution >= 0.6 is 0 Å². The number of aliphatic hydroxyl groups excluding tert-OH is 1. The molecule has 0 radical (unpaired) electrons. The van der Waals surface area contributed by atoms with Gasteiger partial charge in [0, 0.05) is 25.7 Å². The van der Waals surface area contributed by atoms with Gasteiger partial charge in [0.05, 0.1) is 0 Å². The van der Waals surface area contributed by atoms with Gasteiger partial charge in [0.1, 0.15) is 0 Å². The van der Waals surface area contributed by atoms with Crippen LogP contribution in [0.1, 0.15) is 36.8 Å². The first-order chi connectivity index (χ1) is 10.6. The van der Waals surface area contributed by atoms with Crippen molar-refractivity contribution in [3.8, 4) is 0 Å². The maximum atomic E-state index is 12.3. The zero-order valence-corrected chi connectivity index (χ0v) is 13.0. The normalized spacial score (nSPS) is 18.1. The summed E-state index contributed by atoms with van der Waals surface area (Å²) < 4.78 is 0. The van der Waals surface area contributed by atoms with Crippen molar-refractivity contribution < 1.29 is 14.7 Å². The van der Waals surface area contributed by atoms with Crippen molar-refractivity contribution in [2.24, 2.45) is 0 Å². The molecule has 1 aromatic carbocycles. The third-order valence-corrected chi connectivity index (χ3v) is 4.12. The monoisotopic (exact) mass is 304 g/mol. The van der Waals surface area contributed by atoms with Crippen molar-refractivity contribution in [2.45, 2.75) is 45.2 Å². The number of carbonyl (C=O) groups excluding carboxylic acids is 2. The van der Waals surface area contributed by atoms with Gasteiger partial charge < -0.3 is 15.3 Å². The zero-order chi connectivity index (χ0) is 15.9. The van der Waals surface area contributed by atoms with Crippen LogP contribution in [0.3, 0.4) is 0 Å². The summed E-state index contributed by atoms with van der Waals surface area (Å²) in [6, 6.07) is 7.82. The number of nitrogens with zero attached hydrogens (tertiary/aromatic N) is 1. The summed E-state index contributed by atoms with van der Waals surface area (Å²) in [6.07, 6.45) is 3.35. The standard InChI is InChI=1S/C17H24N2O3/c1-13-5-7-14(8-6-13)12-18-16(21)17(22)19-10-3-2-4-15(19)9-11-20/h5-8,15,20H,2-4,9-12H2,1H3,(H,18,21). The molecule has 1 aromatic rings. The van der Waals surface area contributed by atoms with Gasteiger partial charge in [0.2, 0.25) is 0 Å². The zero-order valence-electron chi connectivity index (χ0n) is 13.0. The Morgan fingerprint density at radius 1 is 1.27 bits per heavy atom. The van der Waals surface area contributed by atoms with Gasteiger partial charge in [-0.2, -0.15) is 0 Å². The molecular formula is C17H24N2O3. The molecule has 1 fully saturated rings. The third-order valence-electron chi connectivity index (χ3n) is 4.12. The lowest BCUT2D eigenvalue weighted by molar-refractivity contribution is -0.148. The van der Waals surface area contributed by atoms with Crippen LogP contribution in [0.4, 0.5) is 0 Å². The second-order valence-electron chi connectivity index (χ2n) is 5.83. The van der Waals surface area contributed by atoms with Crippen molar-refractivity contribution in [3.05, 3.63) is 35.4 Å². The van der Waals surface area contributed by atoms with Gasteiger partial charge in [-0.1, -0.05) is 29.8 Å². The predicted molar refractivity (Wildman–Crippen MR) is 84.1 cm³/mol. The lowest BCUT2D eigenvalue weighted by Gasteiger charge is -2.35. The van der Waals surface area contributed by atoms with Crippen LogP contribution in [-0.2, 0) is 16.1 Å². The van der Waals surface area contributed by atoms with Crippen molar-refractivity contribution in [1.82, 2.24) is 10.2 Å². The molecule has 1 aliphatic heterocycles. The van der Waals surface area contributed by atoms with Gasteiger partial charge in [0.15, 0.2) is 0 Å². The van der Waals surface area contributed by atoms with E-state index in [0.717, 1.165) is 30.4 Å². The second-order valence-corrected chi connectivity index (χ2v) is 5.83. The van der Waals surface area contributed by atoms with E-state index >= 15 is 0 Å². The molecule has 0 aromatic heterocycles. The molecule has 1 aliphatic rings. The summed E-state index contributed by atoms with van der Waals surface area (Å²) >= 11 is 0. The van der Waals surface area contributed by atoms with E-state index in [2.05, 4.69) is 5.32 Å². The minimum absolute atomic E-state index is 0.0172. The average Bonchev–Trinajstić information content (AvgIpc) is 2.54. The van der Waals surface area contributed by atoms with Gasteiger partial charge in [-0.3, -0.25) is 9.59 Å². The molecule has 1 heterocycles. The van der Waals surface area contributed by atoms with Crippen molar-refractivity contribution in [2.75, 3.05) is 13.2 Å². The topological polar surface area (TPSA) is 69.6 Å². The number of nitrogens with one attached hydrogen (secondary N) is 1. The molecule has 120 valence electrons. The van der Waals surface area contributed by atoms with E-state index in [0.29, 0.717) is 19.5 Å². The number of hydrogen-bond donors (Lipinski definition) is 2. The van der Waals surface area contributed by atoms with Gasteiger partial charge in [-0.05, 0) is 38.2 Å². The van der Waals surface area contributed by atoms with Gasteiger partial charge >= 0.3 is 11.8 Å². The second kappa shape index (κ2) is 7.94. The van der Waals surface area contributed by atoms with E-state index in [4.69, 9.17) is 5.11 Å². The van der Waals surface area contributed by atoms with Crippen LogP contribution < -0.4 is 5.32 Å². The summed E-state index contributed by atoms with van der Waals surface area (Å²) in [5.74, 6) is -1.05. The lowest BCUT2D eigenvalue weighted by atomic mass is 9.99. The first kappa shape index (κ1) is 16.5. The minimum atomic E-state index is -0.564. The largest absolute Gasteiger partial charge is 0.396 e. The number of piperidine rings is 1. The maximum Gasteiger partial charge on any atom is 0.312 e. The average molecular weight is 304 g/mol. The Kier molecular flexibility index (Phi) is 5.95. The van der Waals surface area contributed by atoms with E-state index in [1.165, 1.54) is 0 Å². The Balaban J connectivity index is 1.90. The van der Waals surface area contributed by atoms with Gasteiger partial charge in [-0.25, -0.2) is 0 Å². The van der Waals surface area contributed by atoms with Crippen LogP contribution in [-0.4, -0.2) is 41.0 Å². The third kappa shape index (κ3) is 4.31. The highest BCUT2D eigenvalue weighted by Crippen LogP contribution is 2.19. The molecule has 5 nitrogen and oxygen atoms in total. The van der Waals surface area contributed by atoms with E-state index in [1.54, 1.807) is 4.90 Å². The number of benzene rings is 1. The molecule has 0 bridgehead atoms. The van der Waals surface area contributed by atoms with E-state index in [1.807, 2.05) is 31.2 Å². The fourth-order valence-corrected chi connectivity index (χ4v) is 2.81. The van der Waals surface area contributed by atoms with Crippen LogP contribution in [0.15, 0.2) is 24.3 Å². The molecule has 2 amide bonds. The number of amides is 2. The van der Waals surface area contributed by atoms with E-state index in [9.17, 15) is 9.59 Å². The Morgan fingerprint density at radius 3 is 2.68 bits per heavy atom. The fraction of sp³-hybridized carbons (Fsp3) is 0.529. The molecule has 2 rings (SSSR count). The molecule has 0 aliphatic carbocycles. The molecule has 0 spiro atoms. The molecule has 1 unspecified atom stereocenters. The van der Waals surface area contributed by atoms with Crippen molar-refractivity contribution in [1.29, 1.82) is 0 Å². The summed E-state index contributed by atoms with van der Waals surface area (Å²) in [5.41, 5.74) is 2.13. The first-order valence-electron chi connectivity index (χ1n) is 7.87. The smallest absolute Gasteiger partial charge is 0.312 e. The SMILES string of the molecule is Cc1ccc(CNC(=O)C(=O)N2CCCCC2CCO)cc1. The van der Waals surface area contributed by atoms with Crippen LogP contribution in [0.5, 0.6) is 0 Å². The highest BCUT2D eigenvalue weighted by Gasteiger charge is 2.30. The molecule has 1 saturated heterocycles. The Morgan fingerprint density at radius 2 is 2.00 bits per heavy atom. The van der Waals surface area contributed by atoms with Crippen molar-refractivity contribution in [3.63, 3.8) is 0 Å². The maximum absolute atomic E-state index is 12.3. The molecular weight excluding hydrogens is 280 g/mol. The van der Waals surface area contributed by atoms with Crippen LogP contribution in [0, 0.1) is 6.92 Å². The Hall–Kier alpha value is -1.88. The number of rotatable bonds is 4. The summed E-state index contributed by atoms with van der Waals surface area (Å²) in [5, 5.41) is 11.8. The fourth-order valence-electron chi connectivity index (χ4n) is 2.81. The number of likely N-dealkylation sites (tertiary alicyclic amines) is 1.